The van der Waals surface area contributed by atoms with Gasteiger partial charge >= 0.3 is 6.18 Å². The molecule has 0 aliphatic carbocycles. The zero-order chi connectivity index (χ0) is 21.4. The first-order valence-electron chi connectivity index (χ1n) is 8.76. The Morgan fingerprint density at radius 1 is 1.19 bits per heavy atom. The first kappa shape index (κ1) is 25.4. The van der Waals surface area contributed by atoms with Gasteiger partial charge in [0.1, 0.15) is 0 Å². The minimum Gasteiger partial charge on any atom is -0.370 e. The van der Waals surface area contributed by atoms with E-state index in [4.69, 9.17) is 17.3 Å². The van der Waals surface area contributed by atoms with Crippen molar-refractivity contribution in [1.82, 2.24) is 0 Å². The molecule has 1 heterocycles. The van der Waals surface area contributed by atoms with Crippen LogP contribution in [0, 0.1) is 0 Å². The molecule has 0 bridgehead atoms. The van der Waals surface area contributed by atoms with Gasteiger partial charge in [-0.3, -0.25) is 4.79 Å². The Kier molecular flexibility index (Phi) is 10.1. The van der Waals surface area contributed by atoms with Gasteiger partial charge < -0.3 is 10.6 Å². The summed E-state index contributed by atoms with van der Waals surface area (Å²) in [4.78, 5) is 12.7. The van der Waals surface area contributed by atoms with Gasteiger partial charge in [-0.2, -0.15) is 13.2 Å². The molecule has 1 amide bonds. The summed E-state index contributed by atoms with van der Waals surface area (Å²) < 4.78 is 65.1. The molecule has 1 aliphatic rings. The summed E-state index contributed by atoms with van der Waals surface area (Å²) in [5.41, 5.74) is 3.67. The average Bonchev–Trinajstić information content (AvgIpc) is 2.56. The van der Waals surface area contributed by atoms with Crippen molar-refractivity contribution >= 4 is 23.2 Å². The van der Waals surface area contributed by atoms with Crippen molar-refractivity contribution in [3.05, 3.63) is 28.3 Å². The summed E-state index contributed by atoms with van der Waals surface area (Å²) >= 11 is 5.55. The number of hydrogen-bond donors (Lipinski definition) is 1. The SMILES string of the molecule is CC.CCC.NC(=O)c1cc(Cl)c(C(F)(F)F)cc1N1CCC(F)(F)CC1. The molecule has 1 aliphatic heterocycles. The zero-order valence-corrected chi connectivity index (χ0v) is 16.6. The minimum atomic E-state index is -4.72. The topological polar surface area (TPSA) is 46.3 Å². The normalized spacial score (nSPS) is 15.9. The first-order chi connectivity index (χ1) is 12.4. The van der Waals surface area contributed by atoms with E-state index in [0.29, 0.717) is 6.07 Å². The number of alkyl halides is 5. The van der Waals surface area contributed by atoms with Gasteiger partial charge in [-0.1, -0.05) is 45.7 Å². The van der Waals surface area contributed by atoms with Crippen LogP contribution >= 0.6 is 11.6 Å². The van der Waals surface area contributed by atoms with Crippen LogP contribution in [0.4, 0.5) is 27.6 Å². The Labute approximate surface area is 161 Å². The Bertz CT molecular complexity index is 611. The molecule has 0 saturated carbocycles. The summed E-state index contributed by atoms with van der Waals surface area (Å²) in [6, 6.07) is 1.51. The lowest BCUT2D eigenvalue weighted by molar-refractivity contribution is -0.137. The molecule has 1 aromatic rings. The molecule has 2 N–H and O–H groups in total. The minimum absolute atomic E-state index is 0.125. The molecule has 0 radical (unpaired) electrons. The van der Waals surface area contributed by atoms with E-state index in [1.165, 1.54) is 11.3 Å². The Morgan fingerprint density at radius 3 is 2.00 bits per heavy atom. The van der Waals surface area contributed by atoms with Crippen molar-refractivity contribution < 1.29 is 26.7 Å². The lowest BCUT2D eigenvalue weighted by Crippen LogP contribution is -2.40. The second kappa shape index (κ2) is 10.7. The quantitative estimate of drug-likeness (QED) is 0.589. The maximum atomic E-state index is 13.2. The summed E-state index contributed by atoms with van der Waals surface area (Å²) in [7, 11) is 0. The van der Waals surface area contributed by atoms with Crippen LogP contribution in [0.25, 0.3) is 0 Å². The summed E-state index contributed by atoms with van der Waals surface area (Å²) in [6.45, 7) is 7.90. The van der Waals surface area contributed by atoms with Crippen LogP contribution in [0.5, 0.6) is 0 Å². The van der Waals surface area contributed by atoms with Crippen molar-refractivity contribution in [2.75, 3.05) is 18.0 Å². The molecular weight excluding hydrogens is 391 g/mol. The number of carbonyl (C=O) groups excluding carboxylic acids is 1. The largest absolute Gasteiger partial charge is 0.417 e. The number of amides is 1. The first-order valence-corrected chi connectivity index (χ1v) is 9.14. The van der Waals surface area contributed by atoms with E-state index < -0.39 is 41.4 Å². The molecule has 1 fully saturated rings. The van der Waals surface area contributed by atoms with Crippen LogP contribution in [-0.2, 0) is 6.18 Å². The fourth-order valence-electron chi connectivity index (χ4n) is 2.31. The number of anilines is 1. The number of nitrogens with zero attached hydrogens (tertiary/aromatic N) is 1. The second-order valence-corrected chi connectivity index (χ2v) is 6.17. The predicted molar refractivity (Wildman–Crippen MR) is 98.7 cm³/mol. The molecule has 156 valence electrons. The molecule has 27 heavy (non-hydrogen) atoms. The maximum absolute atomic E-state index is 13.2. The number of benzene rings is 1. The average molecular weight is 417 g/mol. The highest BCUT2D eigenvalue weighted by Gasteiger charge is 2.38. The fraction of sp³-hybridized carbons (Fsp3) is 0.611. The number of rotatable bonds is 2. The summed E-state index contributed by atoms with van der Waals surface area (Å²) in [6.07, 6.45) is -4.48. The monoisotopic (exact) mass is 416 g/mol. The fourth-order valence-corrected chi connectivity index (χ4v) is 2.58. The second-order valence-electron chi connectivity index (χ2n) is 5.76. The van der Waals surface area contributed by atoms with Crippen molar-refractivity contribution in [3.63, 3.8) is 0 Å². The lowest BCUT2D eigenvalue weighted by Gasteiger charge is -2.34. The number of nitrogens with two attached hydrogens (primary N) is 1. The van der Waals surface area contributed by atoms with Crippen LogP contribution in [0.15, 0.2) is 12.1 Å². The van der Waals surface area contributed by atoms with Crippen LogP contribution in [0.3, 0.4) is 0 Å². The number of hydrogen-bond acceptors (Lipinski definition) is 2. The molecule has 3 nitrogen and oxygen atoms in total. The standard InChI is InChI=1S/C13H12ClF5N2O.C3H8.C2H6/c14-9-5-7(11(20)22)10(6-8(9)13(17,18)19)21-3-1-12(15,16)2-4-21;1-3-2;1-2/h5-6H,1-4H2,(H2,20,22);3H2,1-2H3;1-2H3. The lowest BCUT2D eigenvalue weighted by atomic mass is 10.0. The molecule has 2 rings (SSSR count). The Hall–Kier alpha value is -1.57. The molecule has 0 aromatic heterocycles. The van der Waals surface area contributed by atoms with E-state index in [9.17, 15) is 26.7 Å². The molecule has 1 saturated heterocycles. The molecule has 0 atom stereocenters. The zero-order valence-electron chi connectivity index (χ0n) is 15.9. The molecule has 1 aromatic carbocycles. The van der Waals surface area contributed by atoms with E-state index in [-0.39, 0.29) is 24.3 Å². The van der Waals surface area contributed by atoms with Gasteiger partial charge in [0.05, 0.1) is 21.8 Å². The van der Waals surface area contributed by atoms with Crippen molar-refractivity contribution in [1.29, 1.82) is 0 Å². The number of primary amides is 1. The number of halogens is 6. The summed E-state index contributed by atoms with van der Waals surface area (Å²) in [5, 5.41) is -0.660. The van der Waals surface area contributed by atoms with Crippen molar-refractivity contribution in [2.45, 2.75) is 59.1 Å². The van der Waals surface area contributed by atoms with Crippen LogP contribution in [-0.4, -0.2) is 24.9 Å². The van der Waals surface area contributed by atoms with E-state index in [2.05, 4.69) is 13.8 Å². The third kappa shape index (κ3) is 7.52. The molecule has 0 unspecified atom stereocenters. The smallest absolute Gasteiger partial charge is 0.370 e. The predicted octanol–water partition coefficient (Wildman–Crippen LogP) is 6.14. The third-order valence-corrected chi connectivity index (χ3v) is 3.80. The van der Waals surface area contributed by atoms with Gasteiger partial charge in [-0.05, 0) is 12.1 Å². The van der Waals surface area contributed by atoms with Gasteiger partial charge in [0.25, 0.3) is 11.8 Å². The van der Waals surface area contributed by atoms with Gasteiger partial charge in [-0.25, -0.2) is 8.78 Å². The van der Waals surface area contributed by atoms with Crippen molar-refractivity contribution in [3.8, 4) is 0 Å². The van der Waals surface area contributed by atoms with Crippen molar-refractivity contribution in [2.24, 2.45) is 5.73 Å². The third-order valence-electron chi connectivity index (χ3n) is 3.49. The maximum Gasteiger partial charge on any atom is 0.417 e. The van der Waals surface area contributed by atoms with Gasteiger partial charge in [0.15, 0.2) is 0 Å². The highest BCUT2D eigenvalue weighted by atomic mass is 35.5. The van der Waals surface area contributed by atoms with Gasteiger partial charge in [0.2, 0.25) is 0 Å². The van der Waals surface area contributed by atoms with E-state index in [1.807, 2.05) is 13.8 Å². The van der Waals surface area contributed by atoms with Crippen LogP contribution < -0.4 is 10.6 Å². The number of piperidine rings is 1. The van der Waals surface area contributed by atoms with E-state index in [1.54, 1.807) is 0 Å². The number of carbonyl (C=O) groups is 1. The highest BCUT2D eigenvalue weighted by molar-refractivity contribution is 6.32. The molecule has 0 spiro atoms. The van der Waals surface area contributed by atoms with E-state index >= 15 is 0 Å². The van der Waals surface area contributed by atoms with Crippen LogP contribution in [0.2, 0.25) is 5.02 Å². The van der Waals surface area contributed by atoms with E-state index in [0.717, 1.165) is 6.07 Å². The Morgan fingerprint density at radius 2 is 1.63 bits per heavy atom. The highest BCUT2D eigenvalue weighted by Crippen LogP contribution is 2.40. The Balaban J connectivity index is 0.00000123. The summed E-state index contributed by atoms with van der Waals surface area (Å²) in [5.74, 6) is -3.83. The molecular formula is C18H26ClF5N2O. The molecule has 9 heteroatoms. The van der Waals surface area contributed by atoms with Crippen LogP contribution in [0.1, 0.15) is 62.9 Å². The van der Waals surface area contributed by atoms with Gasteiger partial charge in [-0.15, -0.1) is 0 Å². The van der Waals surface area contributed by atoms with Gasteiger partial charge in [0, 0.05) is 25.9 Å².